The molecule has 0 spiro atoms. The third kappa shape index (κ3) is 1.92. The second-order valence-corrected chi connectivity index (χ2v) is 4.63. The number of ether oxygens (including phenoxy) is 2. The van der Waals surface area contributed by atoms with Gasteiger partial charge in [0.25, 0.3) is 5.88 Å². The summed E-state index contributed by atoms with van der Waals surface area (Å²) in [6.45, 7) is 4.19. The lowest BCUT2D eigenvalue weighted by Gasteiger charge is -2.07. The second kappa shape index (κ2) is 4.53. The molecule has 6 heteroatoms. The zero-order valence-corrected chi connectivity index (χ0v) is 10.6. The molecule has 0 N–H and O–H groups in total. The van der Waals surface area contributed by atoms with Crippen molar-refractivity contribution >= 4 is 11.0 Å². The van der Waals surface area contributed by atoms with Gasteiger partial charge >= 0.3 is 0 Å². The summed E-state index contributed by atoms with van der Waals surface area (Å²) in [6, 6.07) is 0. The van der Waals surface area contributed by atoms with Crippen molar-refractivity contribution in [3.05, 3.63) is 12.0 Å². The van der Waals surface area contributed by atoms with Crippen LogP contribution in [0.2, 0.25) is 0 Å². The molecule has 6 nitrogen and oxygen atoms in total. The fraction of sp³-hybridized carbons (Fsp3) is 0.583. The smallest absolute Gasteiger partial charge is 0.259 e. The Kier molecular flexibility index (Phi) is 2.87. The number of hydrogen-bond acceptors (Lipinski definition) is 5. The van der Waals surface area contributed by atoms with Gasteiger partial charge in [0.15, 0.2) is 5.52 Å². The van der Waals surface area contributed by atoms with E-state index >= 15 is 0 Å². The van der Waals surface area contributed by atoms with Crippen LogP contribution >= 0.6 is 0 Å². The van der Waals surface area contributed by atoms with Gasteiger partial charge in [0.05, 0.1) is 18.9 Å². The minimum atomic E-state index is 0.463. The highest BCUT2D eigenvalue weighted by molar-refractivity contribution is 5.81. The van der Waals surface area contributed by atoms with E-state index < -0.39 is 0 Å². The van der Waals surface area contributed by atoms with E-state index in [-0.39, 0.29) is 0 Å². The van der Waals surface area contributed by atoms with Gasteiger partial charge in [-0.25, -0.2) is 9.97 Å². The molecule has 0 radical (unpaired) electrons. The predicted octanol–water partition coefficient (Wildman–Crippen LogP) is 1.09. The van der Waals surface area contributed by atoms with Crippen LogP contribution in [-0.4, -0.2) is 39.6 Å². The molecule has 3 rings (SSSR count). The number of aryl methyl sites for hydroxylation is 2. The Hall–Kier alpha value is -1.69. The molecule has 1 aliphatic heterocycles. The molecule has 0 bridgehead atoms. The highest BCUT2D eigenvalue weighted by Crippen LogP contribution is 2.24. The minimum Gasteiger partial charge on any atom is -0.475 e. The fourth-order valence-electron chi connectivity index (χ4n) is 2.25. The Labute approximate surface area is 105 Å². The maximum absolute atomic E-state index is 5.78. The first-order valence-electron chi connectivity index (χ1n) is 6.10. The lowest BCUT2D eigenvalue weighted by atomic mass is 10.1. The summed E-state index contributed by atoms with van der Waals surface area (Å²) >= 11 is 0. The highest BCUT2D eigenvalue weighted by atomic mass is 16.5. The summed E-state index contributed by atoms with van der Waals surface area (Å²) < 4.78 is 12.9. The zero-order chi connectivity index (χ0) is 12.5. The topological polar surface area (TPSA) is 62.1 Å². The SMILES string of the molecule is Cc1ncnc2c(OCC3CCOC3)nn(C)c12. The van der Waals surface area contributed by atoms with Crippen molar-refractivity contribution in [3.8, 4) is 5.88 Å². The first-order chi connectivity index (χ1) is 8.75. The number of nitrogens with zero attached hydrogens (tertiary/aromatic N) is 4. The van der Waals surface area contributed by atoms with Crippen LogP contribution in [0.1, 0.15) is 12.1 Å². The van der Waals surface area contributed by atoms with Crippen LogP contribution in [0.3, 0.4) is 0 Å². The molecular formula is C12H16N4O2. The molecule has 18 heavy (non-hydrogen) atoms. The van der Waals surface area contributed by atoms with Gasteiger partial charge in [0.2, 0.25) is 0 Å². The maximum atomic E-state index is 5.78. The third-order valence-corrected chi connectivity index (χ3v) is 3.25. The van der Waals surface area contributed by atoms with Gasteiger partial charge in [-0.1, -0.05) is 0 Å². The Morgan fingerprint density at radius 3 is 3.17 bits per heavy atom. The van der Waals surface area contributed by atoms with Crippen molar-refractivity contribution in [2.24, 2.45) is 13.0 Å². The summed E-state index contributed by atoms with van der Waals surface area (Å²) in [5.74, 6) is 1.05. The lowest BCUT2D eigenvalue weighted by Crippen LogP contribution is -2.12. The quantitative estimate of drug-likeness (QED) is 0.813. The molecule has 2 aromatic rings. The number of hydrogen-bond donors (Lipinski definition) is 0. The van der Waals surface area contributed by atoms with Crippen molar-refractivity contribution in [2.45, 2.75) is 13.3 Å². The molecule has 1 fully saturated rings. The summed E-state index contributed by atoms with van der Waals surface area (Å²) in [5, 5.41) is 4.36. The predicted molar refractivity (Wildman–Crippen MR) is 65.5 cm³/mol. The Morgan fingerprint density at radius 2 is 2.39 bits per heavy atom. The molecular weight excluding hydrogens is 232 g/mol. The molecule has 1 atom stereocenters. The van der Waals surface area contributed by atoms with E-state index in [0.29, 0.717) is 18.4 Å². The van der Waals surface area contributed by atoms with E-state index in [1.54, 1.807) is 11.0 Å². The van der Waals surface area contributed by atoms with Gasteiger partial charge in [-0.2, -0.15) is 0 Å². The number of aromatic nitrogens is 4. The van der Waals surface area contributed by atoms with Crippen LogP contribution in [0.15, 0.2) is 6.33 Å². The van der Waals surface area contributed by atoms with Gasteiger partial charge in [-0.05, 0) is 13.3 Å². The van der Waals surface area contributed by atoms with Crippen molar-refractivity contribution in [1.29, 1.82) is 0 Å². The van der Waals surface area contributed by atoms with E-state index in [2.05, 4.69) is 15.1 Å². The lowest BCUT2D eigenvalue weighted by molar-refractivity contribution is 0.165. The Morgan fingerprint density at radius 1 is 1.50 bits per heavy atom. The van der Waals surface area contributed by atoms with Gasteiger partial charge in [0, 0.05) is 19.6 Å². The molecule has 0 aliphatic carbocycles. The Balaban J connectivity index is 1.85. The molecule has 3 heterocycles. The standard InChI is InChI=1S/C12H16N4O2/c1-8-11-10(14-7-13-8)12(15-16(11)2)18-6-9-3-4-17-5-9/h7,9H,3-6H2,1-2H3. The highest BCUT2D eigenvalue weighted by Gasteiger charge is 2.19. The number of rotatable bonds is 3. The maximum Gasteiger partial charge on any atom is 0.259 e. The number of fused-ring (bicyclic) bond motifs is 1. The molecule has 1 aliphatic rings. The molecule has 0 amide bonds. The molecule has 0 aromatic carbocycles. The molecule has 1 unspecified atom stereocenters. The van der Waals surface area contributed by atoms with Gasteiger partial charge < -0.3 is 9.47 Å². The summed E-state index contributed by atoms with van der Waals surface area (Å²) in [6.07, 6.45) is 2.60. The average Bonchev–Trinajstić information content (AvgIpc) is 2.96. The molecule has 96 valence electrons. The van der Waals surface area contributed by atoms with Crippen LogP contribution in [0.4, 0.5) is 0 Å². The van der Waals surface area contributed by atoms with Crippen LogP contribution < -0.4 is 4.74 Å². The molecule has 2 aromatic heterocycles. The molecule has 0 saturated carbocycles. The molecule has 1 saturated heterocycles. The van der Waals surface area contributed by atoms with Crippen LogP contribution in [0.5, 0.6) is 5.88 Å². The van der Waals surface area contributed by atoms with E-state index in [9.17, 15) is 0 Å². The zero-order valence-electron chi connectivity index (χ0n) is 10.6. The van der Waals surface area contributed by atoms with E-state index in [4.69, 9.17) is 9.47 Å². The van der Waals surface area contributed by atoms with E-state index in [1.165, 1.54) is 0 Å². The van der Waals surface area contributed by atoms with Crippen LogP contribution in [0, 0.1) is 12.8 Å². The second-order valence-electron chi connectivity index (χ2n) is 4.63. The summed E-state index contributed by atoms with van der Waals surface area (Å²) in [5.41, 5.74) is 2.62. The Bertz CT molecular complexity index is 560. The van der Waals surface area contributed by atoms with Crippen molar-refractivity contribution in [2.75, 3.05) is 19.8 Å². The fourth-order valence-corrected chi connectivity index (χ4v) is 2.25. The normalized spacial score (nSPS) is 19.6. The van der Waals surface area contributed by atoms with Gasteiger partial charge in [-0.3, -0.25) is 4.68 Å². The van der Waals surface area contributed by atoms with Crippen molar-refractivity contribution < 1.29 is 9.47 Å². The van der Waals surface area contributed by atoms with Gasteiger partial charge in [-0.15, -0.1) is 5.10 Å². The summed E-state index contributed by atoms with van der Waals surface area (Å²) in [4.78, 5) is 8.43. The minimum absolute atomic E-state index is 0.463. The van der Waals surface area contributed by atoms with Gasteiger partial charge in [0.1, 0.15) is 11.8 Å². The monoisotopic (exact) mass is 248 g/mol. The average molecular weight is 248 g/mol. The third-order valence-electron chi connectivity index (χ3n) is 3.25. The van der Waals surface area contributed by atoms with Crippen LogP contribution in [0.25, 0.3) is 11.0 Å². The largest absolute Gasteiger partial charge is 0.475 e. The van der Waals surface area contributed by atoms with Crippen molar-refractivity contribution in [3.63, 3.8) is 0 Å². The summed E-state index contributed by atoms with van der Waals surface area (Å²) in [7, 11) is 1.88. The van der Waals surface area contributed by atoms with Crippen LogP contribution in [-0.2, 0) is 11.8 Å². The van der Waals surface area contributed by atoms with Crippen molar-refractivity contribution in [1.82, 2.24) is 19.7 Å². The first-order valence-corrected chi connectivity index (χ1v) is 6.10. The van der Waals surface area contributed by atoms with E-state index in [0.717, 1.165) is 36.4 Å². The first kappa shape index (κ1) is 11.4. The van der Waals surface area contributed by atoms with E-state index in [1.807, 2.05) is 14.0 Å².